The number of hydrogen-bond donors (Lipinski definition) is 2. The third kappa shape index (κ3) is 3.75. The van der Waals surface area contributed by atoms with Crippen molar-refractivity contribution in [1.82, 2.24) is 5.32 Å². The fourth-order valence-electron chi connectivity index (χ4n) is 2.18. The molecular formula is C16H20N2O4S. The minimum atomic E-state index is -0.217. The number of carbonyl (C=O) groups is 1. The molecule has 2 rings (SSSR count). The Labute approximate surface area is 139 Å². The topological polar surface area (TPSA) is 82.8 Å². The van der Waals surface area contributed by atoms with Gasteiger partial charge in [0.1, 0.15) is 0 Å². The maximum atomic E-state index is 12.4. The molecule has 0 radical (unpaired) electrons. The quantitative estimate of drug-likeness (QED) is 0.759. The summed E-state index contributed by atoms with van der Waals surface area (Å²) < 4.78 is 15.5. The Bertz CT molecular complexity index is 685. The third-order valence-electron chi connectivity index (χ3n) is 3.33. The van der Waals surface area contributed by atoms with Gasteiger partial charge in [-0.15, -0.1) is 11.3 Å². The average Bonchev–Trinajstić information content (AvgIpc) is 2.96. The highest BCUT2D eigenvalue weighted by Crippen LogP contribution is 2.37. The molecule has 0 saturated carbocycles. The van der Waals surface area contributed by atoms with Crippen LogP contribution in [0.3, 0.4) is 0 Å². The molecule has 0 unspecified atom stereocenters. The molecule has 1 aromatic carbocycles. The van der Waals surface area contributed by atoms with E-state index in [0.29, 0.717) is 35.2 Å². The standard InChI is InChI=1S/C16H20N2O4S/c1-20-7-6-18-16(19)14-11(9-23-15(14)17)10-4-5-12(21-2)13(8-10)22-3/h4-5,8-9H,6-7,17H2,1-3H3,(H,18,19). The number of anilines is 1. The number of benzene rings is 1. The molecule has 0 aliphatic rings. The zero-order valence-corrected chi connectivity index (χ0v) is 14.2. The Hall–Kier alpha value is -2.25. The molecule has 0 aliphatic heterocycles. The monoisotopic (exact) mass is 336 g/mol. The van der Waals surface area contributed by atoms with Gasteiger partial charge in [0.15, 0.2) is 11.5 Å². The molecule has 1 amide bonds. The van der Waals surface area contributed by atoms with Crippen molar-refractivity contribution >= 4 is 22.2 Å². The van der Waals surface area contributed by atoms with Crippen LogP contribution in [0.1, 0.15) is 10.4 Å². The number of carbonyl (C=O) groups excluding carboxylic acids is 1. The number of nitrogen functional groups attached to an aromatic ring is 1. The lowest BCUT2D eigenvalue weighted by atomic mass is 10.0. The maximum absolute atomic E-state index is 12.4. The minimum Gasteiger partial charge on any atom is -0.493 e. The summed E-state index contributed by atoms with van der Waals surface area (Å²) in [6, 6.07) is 5.50. The minimum absolute atomic E-state index is 0.217. The first-order valence-electron chi connectivity index (χ1n) is 6.98. The van der Waals surface area contributed by atoms with Gasteiger partial charge in [-0.3, -0.25) is 4.79 Å². The van der Waals surface area contributed by atoms with Gasteiger partial charge in [-0.2, -0.15) is 0 Å². The highest BCUT2D eigenvalue weighted by atomic mass is 32.1. The molecule has 124 valence electrons. The number of amides is 1. The highest BCUT2D eigenvalue weighted by Gasteiger charge is 2.19. The van der Waals surface area contributed by atoms with Gasteiger partial charge in [0.25, 0.3) is 5.91 Å². The lowest BCUT2D eigenvalue weighted by molar-refractivity contribution is 0.0939. The Morgan fingerprint density at radius 1 is 1.22 bits per heavy atom. The van der Waals surface area contributed by atoms with Crippen LogP contribution < -0.4 is 20.5 Å². The summed E-state index contributed by atoms with van der Waals surface area (Å²) in [4.78, 5) is 12.4. The van der Waals surface area contributed by atoms with Crippen molar-refractivity contribution in [2.24, 2.45) is 0 Å². The lowest BCUT2D eigenvalue weighted by Crippen LogP contribution is -2.27. The van der Waals surface area contributed by atoms with E-state index >= 15 is 0 Å². The number of ether oxygens (including phenoxy) is 3. The molecule has 0 atom stereocenters. The summed E-state index contributed by atoms with van der Waals surface area (Å²) in [6.45, 7) is 0.872. The van der Waals surface area contributed by atoms with Gasteiger partial charge in [-0.05, 0) is 17.7 Å². The van der Waals surface area contributed by atoms with Crippen LogP contribution in [0, 0.1) is 0 Å². The second-order valence-electron chi connectivity index (χ2n) is 4.71. The van der Waals surface area contributed by atoms with Crippen LogP contribution in [0.4, 0.5) is 5.00 Å². The predicted octanol–water partition coefficient (Wildman–Crippen LogP) is 2.39. The molecule has 3 N–H and O–H groups in total. The summed E-state index contributed by atoms with van der Waals surface area (Å²) in [6.07, 6.45) is 0. The Morgan fingerprint density at radius 2 is 1.96 bits per heavy atom. The molecule has 7 heteroatoms. The van der Waals surface area contributed by atoms with Gasteiger partial charge in [0.05, 0.1) is 31.4 Å². The Morgan fingerprint density at radius 3 is 2.61 bits per heavy atom. The zero-order valence-electron chi connectivity index (χ0n) is 13.3. The zero-order chi connectivity index (χ0) is 16.8. The summed E-state index contributed by atoms with van der Waals surface area (Å²) in [5, 5.41) is 5.13. The van der Waals surface area contributed by atoms with Gasteiger partial charge in [-0.25, -0.2) is 0 Å². The van der Waals surface area contributed by atoms with Crippen molar-refractivity contribution < 1.29 is 19.0 Å². The number of hydrogen-bond acceptors (Lipinski definition) is 6. The van der Waals surface area contributed by atoms with Crippen molar-refractivity contribution in [2.75, 3.05) is 40.2 Å². The molecule has 23 heavy (non-hydrogen) atoms. The van der Waals surface area contributed by atoms with E-state index in [1.54, 1.807) is 27.4 Å². The molecule has 0 spiro atoms. The van der Waals surface area contributed by atoms with Crippen LogP contribution in [-0.4, -0.2) is 40.4 Å². The smallest absolute Gasteiger partial charge is 0.254 e. The van der Waals surface area contributed by atoms with E-state index in [1.165, 1.54) is 11.3 Å². The molecule has 0 bridgehead atoms. The fourth-order valence-corrected chi connectivity index (χ4v) is 3.00. The normalized spacial score (nSPS) is 10.4. The van der Waals surface area contributed by atoms with E-state index < -0.39 is 0 Å². The number of nitrogens with two attached hydrogens (primary N) is 1. The molecule has 0 aliphatic carbocycles. The molecule has 0 fully saturated rings. The van der Waals surface area contributed by atoms with Crippen LogP contribution in [0.15, 0.2) is 23.6 Å². The summed E-state index contributed by atoms with van der Waals surface area (Å²) in [5.74, 6) is 1.01. The Kier molecular flexibility index (Phi) is 5.84. The molecule has 6 nitrogen and oxygen atoms in total. The van der Waals surface area contributed by atoms with Gasteiger partial charge < -0.3 is 25.3 Å². The van der Waals surface area contributed by atoms with E-state index in [0.717, 1.165) is 11.1 Å². The largest absolute Gasteiger partial charge is 0.493 e. The predicted molar refractivity (Wildman–Crippen MR) is 91.5 cm³/mol. The van der Waals surface area contributed by atoms with E-state index in [1.807, 2.05) is 17.5 Å². The van der Waals surface area contributed by atoms with Gasteiger partial charge in [0, 0.05) is 24.6 Å². The van der Waals surface area contributed by atoms with E-state index in [9.17, 15) is 4.79 Å². The summed E-state index contributed by atoms with van der Waals surface area (Å²) >= 11 is 1.33. The first kappa shape index (κ1) is 17.1. The molecule has 0 saturated heterocycles. The maximum Gasteiger partial charge on any atom is 0.254 e. The third-order valence-corrected chi connectivity index (χ3v) is 4.14. The van der Waals surface area contributed by atoms with Crippen LogP contribution in [0.5, 0.6) is 11.5 Å². The van der Waals surface area contributed by atoms with Crippen molar-refractivity contribution in [3.05, 3.63) is 29.1 Å². The summed E-state index contributed by atoms with van der Waals surface area (Å²) in [7, 11) is 4.73. The van der Waals surface area contributed by atoms with Crippen LogP contribution in [-0.2, 0) is 4.74 Å². The lowest BCUT2D eigenvalue weighted by Gasteiger charge is -2.11. The molecular weight excluding hydrogens is 316 g/mol. The first-order chi connectivity index (χ1) is 11.1. The Balaban J connectivity index is 2.35. The molecule has 1 heterocycles. The first-order valence-corrected chi connectivity index (χ1v) is 7.86. The number of thiophene rings is 1. The number of nitrogens with one attached hydrogen (secondary N) is 1. The summed E-state index contributed by atoms with van der Waals surface area (Å²) in [5.41, 5.74) is 8.06. The van der Waals surface area contributed by atoms with Crippen LogP contribution in [0.25, 0.3) is 11.1 Å². The average molecular weight is 336 g/mol. The van der Waals surface area contributed by atoms with Crippen LogP contribution in [0.2, 0.25) is 0 Å². The van der Waals surface area contributed by atoms with Crippen molar-refractivity contribution in [2.45, 2.75) is 0 Å². The molecule has 1 aromatic heterocycles. The van der Waals surface area contributed by atoms with E-state index in [4.69, 9.17) is 19.9 Å². The second kappa shape index (κ2) is 7.85. The number of rotatable bonds is 7. The van der Waals surface area contributed by atoms with E-state index in [-0.39, 0.29) is 5.91 Å². The van der Waals surface area contributed by atoms with Crippen LogP contribution >= 0.6 is 11.3 Å². The van der Waals surface area contributed by atoms with E-state index in [2.05, 4.69) is 5.32 Å². The van der Waals surface area contributed by atoms with Crippen molar-refractivity contribution in [3.8, 4) is 22.6 Å². The number of methoxy groups -OCH3 is 3. The second-order valence-corrected chi connectivity index (χ2v) is 5.62. The molecule has 2 aromatic rings. The van der Waals surface area contributed by atoms with Gasteiger partial charge >= 0.3 is 0 Å². The fraction of sp³-hybridized carbons (Fsp3) is 0.312. The van der Waals surface area contributed by atoms with Crippen molar-refractivity contribution in [3.63, 3.8) is 0 Å². The highest BCUT2D eigenvalue weighted by molar-refractivity contribution is 7.15. The SMILES string of the molecule is COCCNC(=O)c1c(-c2ccc(OC)c(OC)c2)csc1N. The van der Waals surface area contributed by atoms with Crippen molar-refractivity contribution in [1.29, 1.82) is 0 Å². The van der Waals surface area contributed by atoms with Gasteiger partial charge in [0.2, 0.25) is 0 Å². The van der Waals surface area contributed by atoms with Gasteiger partial charge in [-0.1, -0.05) is 6.07 Å².